The van der Waals surface area contributed by atoms with Gasteiger partial charge in [0, 0.05) is 92.5 Å². The summed E-state index contributed by atoms with van der Waals surface area (Å²) in [6, 6.07) is 145. The molecule has 4 nitrogen and oxygen atoms in total. The number of nitrogens with zero attached hydrogens (tertiary/aromatic N) is 2. The first-order valence-electron chi connectivity index (χ1n) is 40.3. The molecule has 5 aliphatic rings. The highest BCUT2D eigenvalue weighted by atomic mass is 32.1. The monoisotopic (exact) mass is 1490 g/mol. The predicted octanol–water partition coefficient (Wildman–Crippen LogP) is 30.1. The number of hydrogen-bond acceptors (Lipinski definition) is 5. The molecule has 116 heavy (non-hydrogen) atoms. The topological polar surface area (TPSA) is 32.8 Å². The Morgan fingerprint density at radius 2 is 0.647 bits per heavy atom. The molecule has 3 aromatic heterocycles. The first kappa shape index (κ1) is 65.2. The van der Waals surface area contributed by atoms with Crippen molar-refractivity contribution >= 4 is 87.6 Å². The molecule has 2 atom stereocenters. The van der Waals surface area contributed by atoms with E-state index < -0.39 is 10.8 Å². The van der Waals surface area contributed by atoms with Crippen molar-refractivity contribution in [1.82, 2.24) is 0 Å². The van der Waals surface area contributed by atoms with Gasteiger partial charge in [0.2, 0.25) is 0 Å². The van der Waals surface area contributed by atoms with E-state index in [9.17, 15) is 0 Å². The Morgan fingerprint density at radius 1 is 0.233 bits per heavy atom. The SMILES string of the molecule is CC1(C)c2cc(-c3ccc(-c4ccc5c(c4)sc4ccc(N(c6ccc(-c7ccccc7)cc6)c6ccc7c(c6)C6(c8ccccc8-7)c7ccccc7-c7oc8ccccc8c76)cc45)cc3)ccc2-c2ccc(N(c3ccccc3-c3ccccc3)c3cccc4c3-c3ccccc3C43c4ccccc4-c4oc5ccccc5c43)cc21. The minimum absolute atomic E-state index is 0.335. The molecule has 5 heteroatoms. The first-order chi connectivity index (χ1) is 57.3. The van der Waals surface area contributed by atoms with Crippen LogP contribution in [-0.2, 0) is 16.2 Å². The van der Waals surface area contributed by atoms with Crippen molar-refractivity contribution < 1.29 is 8.83 Å². The Balaban J connectivity index is 0.561. The molecule has 542 valence electrons. The number of rotatable bonds is 10. The summed E-state index contributed by atoms with van der Waals surface area (Å²) in [5.74, 6) is 1.91. The summed E-state index contributed by atoms with van der Waals surface area (Å²) in [5, 5.41) is 4.78. The third-order valence-corrected chi connectivity index (χ3v) is 27.4. The maximum atomic E-state index is 6.95. The number of anilines is 6. The summed E-state index contributed by atoms with van der Waals surface area (Å²) >= 11 is 1.87. The normalized spacial score (nSPS) is 15.6. The lowest BCUT2D eigenvalue weighted by Gasteiger charge is -2.33. The van der Waals surface area contributed by atoms with Gasteiger partial charge in [0.25, 0.3) is 0 Å². The molecule has 25 rings (SSSR count). The zero-order chi connectivity index (χ0) is 76.3. The largest absolute Gasteiger partial charge is 0.456 e. The van der Waals surface area contributed by atoms with Crippen molar-refractivity contribution in [1.29, 1.82) is 0 Å². The van der Waals surface area contributed by atoms with Crippen LogP contribution < -0.4 is 9.80 Å². The van der Waals surface area contributed by atoms with Gasteiger partial charge in [-0.1, -0.05) is 311 Å². The quantitative estimate of drug-likeness (QED) is 0.137. The number of para-hydroxylation sites is 3. The van der Waals surface area contributed by atoms with Crippen molar-refractivity contribution in [3.05, 3.63) is 444 Å². The van der Waals surface area contributed by atoms with E-state index in [1.165, 1.54) is 143 Å². The molecule has 0 bridgehead atoms. The second-order valence-electron chi connectivity index (χ2n) is 32.4. The Labute approximate surface area is 676 Å². The second kappa shape index (κ2) is 24.3. The summed E-state index contributed by atoms with van der Waals surface area (Å²) in [5.41, 5.74) is 38.8. The van der Waals surface area contributed by atoms with Crippen LogP contribution in [0.3, 0.4) is 0 Å². The van der Waals surface area contributed by atoms with Gasteiger partial charge in [0.15, 0.2) is 0 Å². The zero-order valence-corrected chi connectivity index (χ0v) is 64.4. The van der Waals surface area contributed by atoms with Gasteiger partial charge in [-0.2, -0.15) is 0 Å². The third-order valence-electron chi connectivity index (χ3n) is 26.3. The van der Waals surface area contributed by atoms with Gasteiger partial charge in [0.05, 0.1) is 22.2 Å². The summed E-state index contributed by atoms with van der Waals surface area (Å²) < 4.78 is 16.4. The number of furan rings is 2. The lowest BCUT2D eigenvalue weighted by molar-refractivity contribution is 0.628. The van der Waals surface area contributed by atoms with Crippen molar-refractivity contribution in [2.45, 2.75) is 30.1 Å². The molecule has 0 saturated heterocycles. The fourth-order valence-electron chi connectivity index (χ4n) is 21.3. The highest BCUT2D eigenvalue weighted by Gasteiger charge is 2.57. The van der Waals surface area contributed by atoms with E-state index >= 15 is 0 Å². The van der Waals surface area contributed by atoms with E-state index in [0.29, 0.717) is 0 Å². The van der Waals surface area contributed by atoms with Crippen LogP contribution >= 0.6 is 11.3 Å². The lowest BCUT2D eigenvalue weighted by Crippen LogP contribution is -2.26. The van der Waals surface area contributed by atoms with Gasteiger partial charge in [-0.05, 0) is 202 Å². The molecule has 5 aliphatic carbocycles. The van der Waals surface area contributed by atoms with E-state index in [0.717, 1.165) is 89.8 Å². The molecule has 2 unspecified atom stereocenters. The van der Waals surface area contributed by atoms with Crippen LogP contribution in [0.25, 0.3) is 143 Å². The van der Waals surface area contributed by atoms with E-state index in [1.54, 1.807) is 0 Å². The standard InChI is InChI=1S/C111H70N2O2S/c1-109(2)95-62-72(50-57-80(95)81-59-55-77(65-96(81)109)113(98-40-20-13-28-78(98)71-26-7-4-8-27-71)99-41-23-39-94-104(99)84-30-10-17-36-91(84)110(94)92-37-18-11-31-85(92)107-105(110)87-33-14-21-42-100(87)114-107)69-44-46-70(47-45-69)73-51-58-83-89-64-75(56-61-102(89)116-103(83)63-73)112(74-52-48-68(49-53-74)67-24-5-3-6-25-67)76-54-60-82-79-29-9-16-35-90(79)111(97(82)66-76)93-38-19-12-32-86(93)108-106(111)88-34-15-22-43-101(88)115-108/h3-66H,1-2H3. The van der Waals surface area contributed by atoms with Crippen molar-refractivity contribution in [3.63, 3.8) is 0 Å². The molecule has 0 fully saturated rings. The summed E-state index contributed by atoms with van der Waals surface area (Å²) in [7, 11) is 0. The van der Waals surface area contributed by atoms with Crippen molar-refractivity contribution in [3.8, 4) is 101 Å². The fraction of sp³-hybridized carbons (Fsp3) is 0.0450. The van der Waals surface area contributed by atoms with E-state index in [4.69, 9.17) is 8.83 Å². The summed E-state index contributed by atoms with van der Waals surface area (Å²) in [4.78, 5) is 5.03. The molecule has 0 N–H and O–H groups in total. The number of benzene rings is 17. The maximum absolute atomic E-state index is 6.95. The number of hydrogen-bond donors (Lipinski definition) is 0. The summed E-state index contributed by atoms with van der Waals surface area (Å²) in [6.45, 7) is 4.84. The number of thiophene rings is 1. The molecule has 20 aromatic rings. The maximum Gasteiger partial charge on any atom is 0.140 e. The van der Waals surface area contributed by atoms with E-state index in [2.05, 4.69) is 412 Å². The van der Waals surface area contributed by atoms with Crippen LogP contribution in [0.15, 0.2) is 397 Å². The molecule has 0 radical (unpaired) electrons. The minimum atomic E-state index is -0.616. The molecule has 0 aliphatic heterocycles. The number of fused-ring (bicyclic) bond motifs is 30. The average Bonchev–Trinajstić information content (AvgIpc) is 1.50. The Hall–Kier alpha value is -14.4. The minimum Gasteiger partial charge on any atom is -0.456 e. The fourth-order valence-corrected chi connectivity index (χ4v) is 22.4. The second-order valence-corrected chi connectivity index (χ2v) is 33.5. The van der Waals surface area contributed by atoms with Gasteiger partial charge >= 0.3 is 0 Å². The van der Waals surface area contributed by atoms with Crippen LogP contribution in [0.4, 0.5) is 34.1 Å². The van der Waals surface area contributed by atoms with E-state index in [1.807, 2.05) is 11.3 Å². The van der Waals surface area contributed by atoms with Gasteiger partial charge < -0.3 is 18.6 Å². The van der Waals surface area contributed by atoms with Crippen LogP contribution in [0.1, 0.15) is 69.5 Å². The third kappa shape index (κ3) is 8.92. The Morgan fingerprint density at radius 3 is 1.31 bits per heavy atom. The van der Waals surface area contributed by atoms with Gasteiger partial charge in [-0.25, -0.2) is 0 Å². The molecule has 3 heterocycles. The molecular weight excluding hydrogens is 1430 g/mol. The molecule has 0 saturated carbocycles. The molecule has 2 spiro atoms. The van der Waals surface area contributed by atoms with Crippen molar-refractivity contribution in [2.75, 3.05) is 9.80 Å². The average molecular weight is 1500 g/mol. The van der Waals surface area contributed by atoms with Gasteiger partial charge in [-0.15, -0.1) is 11.3 Å². The molecule has 0 amide bonds. The van der Waals surface area contributed by atoms with Crippen molar-refractivity contribution in [2.24, 2.45) is 0 Å². The lowest BCUT2D eigenvalue weighted by atomic mass is 9.70. The predicted molar refractivity (Wildman–Crippen MR) is 480 cm³/mol. The summed E-state index contributed by atoms with van der Waals surface area (Å²) in [6.07, 6.45) is 0. The Bertz CT molecular complexity index is 7570. The van der Waals surface area contributed by atoms with Crippen LogP contribution in [0.2, 0.25) is 0 Å². The Kier molecular flexibility index (Phi) is 13.7. The van der Waals surface area contributed by atoms with Gasteiger partial charge in [-0.3, -0.25) is 0 Å². The zero-order valence-electron chi connectivity index (χ0n) is 63.6. The smallest absolute Gasteiger partial charge is 0.140 e. The highest BCUT2D eigenvalue weighted by molar-refractivity contribution is 7.25. The van der Waals surface area contributed by atoms with Gasteiger partial charge in [0.1, 0.15) is 22.7 Å². The van der Waals surface area contributed by atoms with E-state index in [-0.39, 0.29) is 5.41 Å². The first-order valence-corrected chi connectivity index (χ1v) is 41.1. The molecule has 17 aromatic carbocycles. The highest BCUT2D eigenvalue weighted by Crippen LogP contribution is 2.69. The van der Waals surface area contributed by atoms with Crippen LogP contribution in [-0.4, -0.2) is 0 Å². The van der Waals surface area contributed by atoms with Crippen LogP contribution in [0.5, 0.6) is 0 Å². The molecular formula is C111H70N2O2S. The van der Waals surface area contributed by atoms with Crippen LogP contribution in [0, 0.1) is 0 Å².